The van der Waals surface area contributed by atoms with Crippen LogP contribution < -0.4 is 0 Å². The third kappa shape index (κ3) is 3.15. The summed E-state index contributed by atoms with van der Waals surface area (Å²) in [5.41, 5.74) is 0. The van der Waals surface area contributed by atoms with Crippen LogP contribution in [0.2, 0.25) is 0 Å². The molecule has 0 amide bonds. The lowest BCUT2D eigenvalue weighted by Crippen LogP contribution is -2.48. The third-order valence-electron chi connectivity index (χ3n) is 1.78. The molecule has 0 spiro atoms. The summed E-state index contributed by atoms with van der Waals surface area (Å²) in [6.07, 6.45) is -6.85. The first kappa shape index (κ1) is 13.2. The van der Waals surface area contributed by atoms with Gasteiger partial charge in [0.15, 0.2) is 5.78 Å². The fourth-order valence-electron chi connectivity index (χ4n) is 0.835. The van der Waals surface area contributed by atoms with Crippen molar-refractivity contribution in [2.75, 3.05) is 0 Å². The Bertz CT molecular complexity index is 224. The highest BCUT2D eigenvalue weighted by Gasteiger charge is 2.34. The van der Waals surface area contributed by atoms with Gasteiger partial charge in [0.1, 0.15) is 18.3 Å². The van der Waals surface area contributed by atoms with Gasteiger partial charge in [-0.1, -0.05) is 0 Å². The van der Waals surface area contributed by atoms with E-state index in [1.54, 1.807) is 0 Å². The number of carbonyl (C=O) groups is 2. The Morgan fingerprint density at radius 2 is 1.43 bits per heavy atom. The quantitative estimate of drug-likeness (QED) is 0.373. The standard InChI is InChI=1S/C8H14O6/c1-3(9)5(11)7(13)8(14)6(12)4(2)10/h3,5,7-9,11,13-14H,1-2H3/t3-,5-,7+,8-/m0/s1. The molecule has 0 heterocycles. The summed E-state index contributed by atoms with van der Waals surface area (Å²) in [6.45, 7) is 2.12. The van der Waals surface area contributed by atoms with E-state index in [0.717, 1.165) is 6.92 Å². The van der Waals surface area contributed by atoms with E-state index in [-0.39, 0.29) is 0 Å². The molecule has 14 heavy (non-hydrogen) atoms. The normalized spacial score (nSPS) is 19.6. The second kappa shape index (κ2) is 5.16. The molecule has 0 aliphatic rings. The van der Waals surface area contributed by atoms with Crippen LogP contribution in [-0.2, 0) is 9.59 Å². The largest absolute Gasteiger partial charge is 0.391 e. The summed E-state index contributed by atoms with van der Waals surface area (Å²) < 4.78 is 0. The number of ketones is 2. The maximum atomic E-state index is 10.9. The summed E-state index contributed by atoms with van der Waals surface area (Å²) in [5, 5.41) is 36.1. The average Bonchev–Trinajstić information content (AvgIpc) is 2.12. The van der Waals surface area contributed by atoms with E-state index < -0.39 is 36.0 Å². The lowest BCUT2D eigenvalue weighted by Gasteiger charge is -2.23. The number of rotatable bonds is 5. The number of Topliss-reactive ketones (excluding diaryl/α,β-unsaturated/α-hetero) is 2. The maximum absolute atomic E-state index is 10.9. The van der Waals surface area contributed by atoms with Gasteiger partial charge in [-0.25, -0.2) is 0 Å². The molecule has 0 aromatic carbocycles. The van der Waals surface area contributed by atoms with Crippen LogP contribution in [0.25, 0.3) is 0 Å². The SMILES string of the molecule is CC(=O)C(=O)[C@H](O)[C@H](O)[C@@H](O)[C@H](C)O. The number of hydrogen-bond donors (Lipinski definition) is 4. The van der Waals surface area contributed by atoms with Crippen LogP contribution in [-0.4, -0.2) is 56.4 Å². The maximum Gasteiger partial charge on any atom is 0.229 e. The molecule has 0 saturated carbocycles. The predicted molar refractivity (Wildman–Crippen MR) is 45.4 cm³/mol. The van der Waals surface area contributed by atoms with E-state index in [2.05, 4.69) is 0 Å². The van der Waals surface area contributed by atoms with Crippen molar-refractivity contribution in [1.29, 1.82) is 0 Å². The second-order valence-corrected chi connectivity index (χ2v) is 3.09. The fraction of sp³-hybridized carbons (Fsp3) is 0.750. The summed E-state index contributed by atoms with van der Waals surface area (Å²) in [6, 6.07) is 0. The first-order valence-corrected chi connectivity index (χ1v) is 4.06. The van der Waals surface area contributed by atoms with Crippen LogP contribution in [0.5, 0.6) is 0 Å². The molecule has 6 heteroatoms. The van der Waals surface area contributed by atoms with E-state index >= 15 is 0 Å². The van der Waals surface area contributed by atoms with Gasteiger partial charge in [0.25, 0.3) is 0 Å². The number of aliphatic hydroxyl groups excluding tert-OH is 4. The molecule has 0 aromatic rings. The van der Waals surface area contributed by atoms with E-state index in [0.29, 0.717) is 0 Å². The van der Waals surface area contributed by atoms with Gasteiger partial charge in [-0.3, -0.25) is 9.59 Å². The molecular weight excluding hydrogens is 192 g/mol. The minimum absolute atomic E-state index is 0.922. The van der Waals surface area contributed by atoms with Crippen molar-refractivity contribution in [3.63, 3.8) is 0 Å². The molecule has 6 nitrogen and oxygen atoms in total. The summed E-state index contributed by atoms with van der Waals surface area (Å²) in [4.78, 5) is 21.4. The number of aliphatic hydroxyl groups is 4. The van der Waals surface area contributed by atoms with Crippen LogP contribution >= 0.6 is 0 Å². The monoisotopic (exact) mass is 206 g/mol. The van der Waals surface area contributed by atoms with Gasteiger partial charge in [-0.2, -0.15) is 0 Å². The van der Waals surface area contributed by atoms with Crippen molar-refractivity contribution in [2.24, 2.45) is 0 Å². The number of hydrogen-bond acceptors (Lipinski definition) is 6. The Labute approximate surface area is 80.8 Å². The molecule has 0 aliphatic heterocycles. The van der Waals surface area contributed by atoms with Crippen molar-refractivity contribution < 1.29 is 30.0 Å². The highest BCUT2D eigenvalue weighted by Crippen LogP contribution is 2.05. The number of carbonyl (C=O) groups excluding carboxylic acids is 2. The Kier molecular flexibility index (Phi) is 4.86. The summed E-state index contributed by atoms with van der Waals surface area (Å²) in [5.74, 6) is -2.12. The molecule has 0 rings (SSSR count). The minimum Gasteiger partial charge on any atom is -0.391 e. The van der Waals surface area contributed by atoms with E-state index in [1.807, 2.05) is 0 Å². The van der Waals surface area contributed by atoms with Crippen molar-refractivity contribution in [3.05, 3.63) is 0 Å². The van der Waals surface area contributed by atoms with Gasteiger partial charge in [0.05, 0.1) is 6.10 Å². The molecule has 0 aromatic heterocycles. The van der Waals surface area contributed by atoms with Gasteiger partial charge in [-0.15, -0.1) is 0 Å². The molecular formula is C8H14O6. The van der Waals surface area contributed by atoms with Crippen molar-refractivity contribution >= 4 is 11.6 Å². The predicted octanol–water partition coefficient (Wildman–Crippen LogP) is -2.39. The van der Waals surface area contributed by atoms with Gasteiger partial charge in [0, 0.05) is 6.92 Å². The third-order valence-corrected chi connectivity index (χ3v) is 1.78. The van der Waals surface area contributed by atoms with Crippen molar-refractivity contribution in [2.45, 2.75) is 38.3 Å². The second-order valence-electron chi connectivity index (χ2n) is 3.09. The van der Waals surface area contributed by atoms with E-state index in [1.165, 1.54) is 6.92 Å². The summed E-state index contributed by atoms with van der Waals surface area (Å²) in [7, 11) is 0. The van der Waals surface area contributed by atoms with Crippen molar-refractivity contribution in [3.8, 4) is 0 Å². The fourth-order valence-corrected chi connectivity index (χ4v) is 0.835. The first-order chi connectivity index (χ1) is 6.29. The first-order valence-electron chi connectivity index (χ1n) is 4.06. The van der Waals surface area contributed by atoms with Crippen LogP contribution in [0.3, 0.4) is 0 Å². The Morgan fingerprint density at radius 1 is 1.00 bits per heavy atom. The molecule has 0 radical (unpaired) electrons. The molecule has 4 atom stereocenters. The molecule has 0 aliphatic carbocycles. The topological polar surface area (TPSA) is 115 Å². The molecule has 0 unspecified atom stereocenters. The zero-order chi connectivity index (χ0) is 11.5. The minimum atomic E-state index is -2.00. The lowest BCUT2D eigenvalue weighted by molar-refractivity contribution is -0.151. The Balaban J connectivity index is 4.46. The average molecular weight is 206 g/mol. The van der Waals surface area contributed by atoms with Crippen molar-refractivity contribution in [1.82, 2.24) is 0 Å². The lowest BCUT2D eigenvalue weighted by atomic mass is 9.99. The molecule has 0 bridgehead atoms. The van der Waals surface area contributed by atoms with Gasteiger partial charge >= 0.3 is 0 Å². The zero-order valence-electron chi connectivity index (χ0n) is 7.91. The van der Waals surface area contributed by atoms with Crippen LogP contribution in [0.4, 0.5) is 0 Å². The van der Waals surface area contributed by atoms with Gasteiger partial charge < -0.3 is 20.4 Å². The van der Waals surface area contributed by atoms with E-state index in [4.69, 9.17) is 20.4 Å². The highest BCUT2D eigenvalue weighted by molar-refractivity contribution is 6.38. The molecule has 0 fully saturated rings. The van der Waals surface area contributed by atoms with Crippen LogP contribution in [0.15, 0.2) is 0 Å². The molecule has 4 N–H and O–H groups in total. The Morgan fingerprint density at radius 3 is 1.71 bits per heavy atom. The molecule has 82 valence electrons. The van der Waals surface area contributed by atoms with Crippen LogP contribution in [0.1, 0.15) is 13.8 Å². The van der Waals surface area contributed by atoms with E-state index in [9.17, 15) is 9.59 Å². The molecule has 0 saturated heterocycles. The zero-order valence-corrected chi connectivity index (χ0v) is 7.91. The smallest absolute Gasteiger partial charge is 0.229 e. The highest BCUT2D eigenvalue weighted by atomic mass is 16.4. The van der Waals surface area contributed by atoms with Crippen LogP contribution in [0, 0.1) is 0 Å². The van der Waals surface area contributed by atoms with Gasteiger partial charge in [-0.05, 0) is 6.92 Å². The summed E-state index contributed by atoms with van der Waals surface area (Å²) >= 11 is 0. The Hall–Kier alpha value is -0.820. The van der Waals surface area contributed by atoms with Gasteiger partial charge in [0.2, 0.25) is 5.78 Å².